The Morgan fingerprint density at radius 3 is 0.793 bits per heavy atom. The van der Waals surface area contributed by atoms with Gasteiger partial charge in [0, 0.05) is 0 Å². The van der Waals surface area contributed by atoms with E-state index in [-0.39, 0.29) is 6.15 Å². The van der Waals surface area contributed by atoms with E-state index < -0.39 is 0 Å². The molecule has 1 heteroatoms. The number of unbranched alkanes of at least 4 members (excludes halogenated alkanes) is 20. The molecule has 0 heterocycles. The summed E-state index contributed by atoms with van der Waals surface area (Å²) in [5, 5.41) is 0. The van der Waals surface area contributed by atoms with Crippen LogP contribution in [0.1, 0.15) is 175 Å². The summed E-state index contributed by atoms with van der Waals surface area (Å²) in [6.45, 7) is 7.10. The first-order chi connectivity index (χ1) is 13.8. The molecule has 0 radical (unpaired) electrons. The first kappa shape index (κ1) is 31.1. The monoisotopic (exact) mass is 411 g/mol. The number of hydrogen-bond donors (Lipinski definition) is 1. The smallest absolute Gasteiger partial charge is 0.0443 e. The summed E-state index contributed by atoms with van der Waals surface area (Å²) in [5.41, 5.74) is 0. The maximum absolute atomic E-state index is 2.49. The SMILES string of the molecule is CCCCCCCCCCCCCCC(C)CCCCCCCCCCCC.N. The molecule has 0 amide bonds. The summed E-state index contributed by atoms with van der Waals surface area (Å²) in [6, 6.07) is 0. The molecule has 0 spiro atoms. The highest BCUT2D eigenvalue weighted by molar-refractivity contribution is 4.56. The van der Waals surface area contributed by atoms with Crippen molar-refractivity contribution in [3.05, 3.63) is 0 Å². The van der Waals surface area contributed by atoms with Crippen LogP contribution >= 0.6 is 0 Å². The quantitative estimate of drug-likeness (QED) is 0.157. The molecule has 0 fully saturated rings. The molecular formula is C28H61N. The van der Waals surface area contributed by atoms with Gasteiger partial charge in [0.05, 0.1) is 0 Å². The van der Waals surface area contributed by atoms with Crippen molar-refractivity contribution >= 4 is 0 Å². The van der Waals surface area contributed by atoms with E-state index in [1.165, 1.54) is 154 Å². The lowest BCUT2D eigenvalue weighted by Gasteiger charge is -2.11. The molecule has 0 aromatic carbocycles. The third kappa shape index (κ3) is 28.0. The topological polar surface area (TPSA) is 35.0 Å². The maximum Gasteiger partial charge on any atom is -0.0443 e. The Balaban J connectivity index is 0. The van der Waals surface area contributed by atoms with Crippen molar-refractivity contribution < 1.29 is 0 Å². The molecule has 0 aliphatic rings. The molecule has 29 heavy (non-hydrogen) atoms. The third-order valence-electron chi connectivity index (χ3n) is 6.60. The Labute approximate surface area is 187 Å². The Morgan fingerprint density at radius 2 is 0.552 bits per heavy atom. The summed E-state index contributed by atoms with van der Waals surface area (Å²) in [7, 11) is 0. The van der Waals surface area contributed by atoms with Crippen molar-refractivity contribution in [1.82, 2.24) is 6.15 Å². The molecule has 1 unspecified atom stereocenters. The second-order valence-corrected chi connectivity index (χ2v) is 9.75. The maximum atomic E-state index is 2.49. The molecule has 0 aromatic rings. The Morgan fingerprint density at radius 1 is 0.345 bits per heavy atom. The highest BCUT2D eigenvalue weighted by atomic mass is 14.1. The van der Waals surface area contributed by atoms with E-state index in [0.717, 1.165) is 5.92 Å². The van der Waals surface area contributed by atoms with Crippen molar-refractivity contribution in [2.45, 2.75) is 175 Å². The standard InChI is InChI=1S/C28H58.H3N/c1-4-6-8-10-12-14-16-17-19-21-23-25-27-28(3)26-24-22-20-18-15-13-11-9-7-5-2;/h28H,4-27H2,1-3H3;1H3. The van der Waals surface area contributed by atoms with Crippen LogP contribution in [0, 0.1) is 5.92 Å². The molecule has 0 bridgehead atoms. The lowest BCUT2D eigenvalue weighted by atomic mass is 9.95. The van der Waals surface area contributed by atoms with Crippen LogP contribution in [0.4, 0.5) is 0 Å². The van der Waals surface area contributed by atoms with E-state index in [1.807, 2.05) is 0 Å². The van der Waals surface area contributed by atoms with Crippen LogP contribution in [0.25, 0.3) is 0 Å². The van der Waals surface area contributed by atoms with Crippen LogP contribution in [0.15, 0.2) is 0 Å². The van der Waals surface area contributed by atoms with Gasteiger partial charge in [-0.2, -0.15) is 0 Å². The molecule has 178 valence electrons. The predicted molar refractivity (Wildman–Crippen MR) is 136 cm³/mol. The average Bonchev–Trinajstić information content (AvgIpc) is 2.70. The molecule has 0 saturated heterocycles. The second kappa shape index (κ2) is 28.0. The molecule has 0 aliphatic heterocycles. The molecule has 3 N–H and O–H groups in total. The van der Waals surface area contributed by atoms with Crippen molar-refractivity contribution in [3.8, 4) is 0 Å². The van der Waals surface area contributed by atoms with Crippen LogP contribution in [0.3, 0.4) is 0 Å². The summed E-state index contributed by atoms with van der Waals surface area (Å²) in [6.07, 6.45) is 35.3. The van der Waals surface area contributed by atoms with Crippen molar-refractivity contribution in [2.75, 3.05) is 0 Å². The van der Waals surface area contributed by atoms with Crippen molar-refractivity contribution in [1.29, 1.82) is 0 Å². The second-order valence-electron chi connectivity index (χ2n) is 9.75. The number of rotatable bonds is 24. The van der Waals surface area contributed by atoms with E-state index in [4.69, 9.17) is 0 Å². The minimum Gasteiger partial charge on any atom is -0.344 e. The van der Waals surface area contributed by atoms with Gasteiger partial charge in [-0.05, 0) is 5.92 Å². The van der Waals surface area contributed by atoms with Gasteiger partial charge < -0.3 is 6.15 Å². The fourth-order valence-corrected chi connectivity index (χ4v) is 4.46. The van der Waals surface area contributed by atoms with Crippen LogP contribution in [-0.4, -0.2) is 0 Å². The molecule has 1 atom stereocenters. The van der Waals surface area contributed by atoms with Gasteiger partial charge >= 0.3 is 0 Å². The summed E-state index contributed by atoms with van der Waals surface area (Å²) < 4.78 is 0. The Kier molecular flexibility index (Phi) is 30.0. The molecule has 0 aromatic heterocycles. The minimum atomic E-state index is 0. The van der Waals surface area contributed by atoms with Crippen LogP contribution in [-0.2, 0) is 0 Å². The van der Waals surface area contributed by atoms with E-state index in [1.54, 1.807) is 0 Å². The normalized spacial score (nSPS) is 12.1. The molecule has 1 nitrogen and oxygen atoms in total. The third-order valence-corrected chi connectivity index (χ3v) is 6.60. The van der Waals surface area contributed by atoms with Crippen LogP contribution < -0.4 is 6.15 Å². The van der Waals surface area contributed by atoms with E-state index in [9.17, 15) is 0 Å². The van der Waals surface area contributed by atoms with Gasteiger partial charge in [0.2, 0.25) is 0 Å². The first-order valence-corrected chi connectivity index (χ1v) is 13.8. The van der Waals surface area contributed by atoms with Crippen molar-refractivity contribution in [3.63, 3.8) is 0 Å². The van der Waals surface area contributed by atoms with Crippen LogP contribution in [0.2, 0.25) is 0 Å². The Hall–Kier alpha value is -0.0400. The zero-order valence-corrected chi connectivity index (χ0v) is 21.3. The number of hydrogen-bond acceptors (Lipinski definition) is 1. The van der Waals surface area contributed by atoms with E-state index in [2.05, 4.69) is 20.8 Å². The summed E-state index contributed by atoms with van der Waals surface area (Å²) in [4.78, 5) is 0. The van der Waals surface area contributed by atoms with E-state index in [0.29, 0.717) is 0 Å². The van der Waals surface area contributed by atoms with Gasteiger partial charge in [-0.25, -0.2) is 0 Å². The lowest BCUT2D eigenvalue weighted by Crippen LogP contribution is -1.95. The molecular weight excluding hydrogens is 350 g/mol. The average molecular weight is 412 g/mol. The molecule has 0 aliphatic carbocycles. The minimum absolute atomic E-state index is 0. The van der Waals surface area contributed by atoms with Crippen LogP contribution in [0.5, 0.6) is 0 Å². The van der Waals surface area contributed by atoms with Gasteiger partial charge in [-0.3, -0.25) is 0 Å². The zero-order chi connectivity index (χ0) is 20.5. The predicted octanol–water partition coefficient (Wildman–Crippen LogP) is 11.2. The first-order valence-electron chi connectivity index (χ1n) is 13.8. The van der Waals surface area contributed by atoms with Gasteiger partial charge in [-0.1, -0.05) is 175 Å². The zero-order valence-electron chi connectivity index (χ0n) is 21.3. The highest BCUT2D eigenvalue weighted by Crippen LogP contribution is 2.19. The molecule has 0 saturated carbocycles. The largest absolute Gasteiger partial charge is 0.344 e. The fraction of sp³-hybridized carbons (Fsp3) is 1.00. The van der Waals surface area contributed by atoms with Crippen molar-refractivity contribution in [2.24, 2.45) is 5.92 Å². The van der Waals surface area contributed by atoms with Gasteiger partial charge in [0.15, 0.2) is 0 Å². The van der Waals surface area contributed by atoms with Gasteiger partial charge in [0.1, 0.15) is 0 Å². The van der Waals surface area contributed by atoms with Gasteiger partial charge in [0.25, 0.3) is 0 Å². The summed E-state index contributed by atoms with van der Waals surface area (Å²) >= 11 is 0. The highest BCUT2D eigenvalue weighted by Gasteiger charge is 2.02. The fourth-order valence-electron chi connectivity index (χ4n) is 4.46. The molecule has 0 rings (SSSR count). The van der Waals surface area contributed by atoms with Gasteiger partial charge in [-0.15, -0.1) is 0 Å². The Bertz CT molecular complexity index is 263. The van der Waals surface area contributed by atoms with E-state index >= 15 is 0 Å². The lowest BCUT2D eigenvalue weighted by molar-refractivity contribution is 0.429. The summed E-state index contributed by atoms with van der Waals surface area (Å²) in [5.74, 6) is 0.970.